The number of hydrogen-bond donors (Lipinski definition) is 1. The maximum Gasteiger partial charge on any atom is 0.286 e. The molecule has 0 bridgehead atoms. The number of anilines is 1. The third-order valence-corrected chi connectivity index (χ3v) is 12.1. The second-order valence-corrected chi connectivity index (χ2v) is 15.5. The number of carbonyl (C=O) groups excluding carboxylic acids is 1. The summed E-state index contributed by atoms with van der Waals surface area (Å²) in [6.45, 7) is 9.68. The lowest BCUT2D eigenvalue weighted by Crippen LogP contribution is -2.46. The summed E-state index contributed by atoms with van der Waals surface area (Å²) in [5, 5.41) is 6.86. The van der Waals surface area contributed by atoms with E-state index in [1.165, 1.54) is 11.1 Å². The average Bonchev–Trinajstić information content (AvgIpc) is 3.65. The first-order valence-corrected chi connectivity index (χ1v) is 17.9. The first-order chi connectivity index (χ1) is 21.6. The molecule has 242 valence electrons. The van der Waals surface area contributed by atoms with Gasteiger partial charge in [0.25, 0.3) is 5.91 Å². The normalized spacial score (nSPS) is 28.7. The molecule has 2 fully saturated rings. The molecular formula is C35H44ClN3O5S. The van der Waals surface area contributed by atoms with E-state index in [0.29, 0.717) is 36.3 Å². The van der Waals surface area contributed by atoms with Crippen LogP contribution < -0.4 is 14.8 Å². The van der Waals surface area contributed by atoms with Gasteiger partial charge >= 0.3 is 0 Å². The molecule has 8 atom stereocenters. The number of carbonyl (C=O) groups is 1. The SMILES string of the molecule is C=CC[C@H](COC)CS(N)(=O)=NC(=O)c1ccc2c(c1)N(C[C@@H]1CC[C@H]1[C@H](C=C)OC)C[C@@]13c4ccc(Cl)cc4CCC1C3O2. The minimum atomic E-state index is -3.29. The molecule has 10 heteroatoms. The van der Waals surface area contributed by atoms with Crippen LogP contribution in [0.15, 0.2) is 66.1 Å². The molecule has 45 heavy (non-hydrogen) atoms. The number of allylic oxidation sites excluding steroid dienone is 1. The first kappa shape index (κ1) is 32.3. The van der Waals surface area contributed by atoms with Crippen LogP contribution >= 0.6 is 11.6 Å². The largest absolute Gasteiger partial charge is 0.487 e. The van der Waals surface area contributed by atoms with Crippen LogP contribution in [-0.2, 0) is 31.2 Å². The number of halogens is 1. The van der Waals surface area contributed by atoms with Gasteiger partial charge in [-0.15, -0.1) is 17.5 Å². The summed E-state index contributed by atoms with van der Waals surface area (Å²) < 4.78 is 35.1. The topological polar surface area (TPSA) is 103 Å². The number of ether oxygens (including phenoxy) is 3. The van der Waals surface area contributed by atoms with Crippen molar-refractivity contribution in [3.8, 4) is 5.75 Å². The fraction of sp³-hybridized carbons (Fsp3) is 0.514. The minimum Gasteiger partial charge on any atom is -0.487 e. The van der Waals surface area contributed by atoms with Crippen molar-refractivity contribution in [2.24, 2.45) is 33.2 Å². The lowest BCUT2D eigenvalue weighted by Gasteiger charge is -2.44. The average molecular weight is 654 g/mol. The van der Waals surface area contributed by atoms with Gasteiger partial charge in [0.2, 0.25) is 0 Å². The Bertz CT molecular complexity index is 1610. The molecule has 4 aliphatic rings. The van der Waals surface area contributed by atoms with Gasteiger partial charge in [-0.3, -0.25) is 4.79 Å². The summed E-state index contributed by atoms with van der Waals surface area (Å²) in [5.41, 5.74) is 3.63. The van der Waals surface area contributed by atoms with Gasteiger partial charge in [0, 0.05) is 43.8 Å². The number of rotatable bonds is 12. The lowest BCUT2D eigenvalue weighted by molar-refractivity contribution is 0.0137. The molecule has 8 nitrogen and oxygen atoms in total. The number of amides is 1. The van der Waals surface area contributed by atoms with Gasteiger partial charge in [0.1, 0.15) is 21.8 Å². The molecule has 2 saturated carbocycles. The van der Waals surface area contributed by atoms with Gasteiger partial charge in [-0.25, -0.2) is 9.35 Å². The Kier molecular flexibility index (Phi) is 9.20. The fourth-order valence-electron chi connectivity index (χ4n) is 8.16. The minimum absolute atomic E-state index is 0.00368. The zero-order valence-corrected chi connectivity index (χ0v) is 27.7. The molecule has 3 aliphatic carbocycles. The quantitative estimate of drug-likeness (QED) is 0.283. The molecule has 1 amide bonds. The molecule has 1 heterocycles. The lowest BCUT2D eigenvalue weighted by atomic mass is 9.70. The van der Waals surface area contributed by atoms with Crippen molar-refractivity contribution in [2.45, 2.75) is 49.7 Å². The van der Waals surface area contributed by atoms with E-state index in [-0.39, 0.29) is 29.3 Å². The highest BCUT2D eigenvalue weighted by Crippen LogP contribution is 2.64. The van der Waals surface area contributed by atoms with E-state index in [0.717, 1.165) is 55.2 Å². The first-order valence-electron chi connectivity index (χ1n) is 15.8. The van der Waals surface area contributed by atoms with Crippen molar-refractivity contribution in [2.75, 3.05) is 44.6 Å². The molecular weight excluding hydrogens is 610 g/mol. The third kappa shape index (κ3) is 6.10. The van der Waals surface area contributed by atoms with E-state index in [1.807, 2.05) is 24.3 Å². The smallest absolute Gasteiger partial charge is 0.286 e. The van der Waals surface area contributed by atoms with Crippen LogP contribution in [-0.4, -0.2) is 62.0 Å². The van der Waals surface area contributed by atoms with Gasteiger partial charge in [-0.05, 0) is 91.3 Å². The molecule has 0 aromatic heterocycles. The molecule has 2 aromatic rings. The number of hydrogen-bond acceptors (Lipinski definition) is 6. The Hall–Kier alpha value is -2.69. The zero-order valence-electron chi connectivity index (χ0n) is 26.2. The number of methoxy groups -OCH3 is 2. The summed E-state index contributed by atoms with van der Waals surface area (Å²) >= 11 is 6.42. The van der Waals surface area contributed by atoms with Crippen molar-refractivity contribution in [1.29, 1.82) is 0 Å². The molecule has 2 aromatic carbocycles. The number of nitrogens with zero attached hydrogens (tertiary/aromatic N) is 2. The van der Waals surface area contributed by atoms with Crippen LogP contribution in [0.25, 0.3) is 0 Å². The standard InChI is InChI=1S/C35H44ClN3O5S/c1-5-7-22(19-42-3)20-45(37,41)38-34(40)24-10-15-32-30(17-24)39(18-25-8-12-27(25)31(6-2)43-4)21-35-28-14-11-26(36)16-23(28)9-13-29(35)33(35)44-32/h5-6,10-11,14-17,22,25,27,29,31,33H,1-2,7-9,12-13,18-21H2,3-4H3,(H2,37,38,40,41)/t22-,25+,27-,29?,31+,33?,35-,45?/m1/s1. The summed E-state index contributed by atoms with van der Waals surface area (Å²) in [6, 6.07) is 11.7. The Morgan fingerprint density at radius 2 is 2.07 bits per heavy atom. The molecule has 0 saturated heterocycles. The van der Waals surface area contributed by atoms with Crippen LogP contribution in [0.3, 0.4) is 0 Å². The number of nitrogens with two attached hydrogens (primary N) is 1. The molecule has 1 aliphatic heterocycles. The zero-order chi connectivity index (χ0) is 31.9. The van der Waals surface area contributed by atoms with Crippen molar-refractivity contribution >= 4 is 33.1 Å². The molecule has 2 N–H and O–H groups in total. The molecule has 3 unspecified atom stereocenters. The second-order valence-electron chi connectivity index (χ2n) is 13.1. The van der Waals surface area contributed by atoms with Crippen LogP contribution in [0.4, 0.5) is 5.69 Å². The third-order valence-electron chi connectivity index (χ3n) is 10.4. The maximum absolute atomic E-state index is 13.5. The predicted octanol–water partition coefficient (Wildman–Crippen LogP) is 5.97. The Morgan fingerprint density at radius 1 is 1.24 bits per heavy atom. The van der Waals surface area contributed by atoms with Crippen LogP contribution in [0.1, 0.15) is 47.2 Å². The predicted molar refractivity (Wildman–Crippen MR) is 179 cm³/mol. The summed E-state index contributed by atoms with van der Waals surface area (Å²) in [7, 11) is 0.0283. The van der Waals surface area contributed by atoms with E-state index >= 15 is 0 Å². The second kappa shape index (κ2) is 12.8. The van der Waals surface area contributed by atoms with Crippen LogP contribution in [0.5, 0.6) is 5.75 Å². The maximum atomic E-state index is 13.5. The van der Waals surface area contributed by atoms with Gasteiger partial charge in [-0.2, -0.15) is 0 Å². The monoisotopic (exact) mass is 653 g/mol. The highest BCUT2D eigenvalue weighted by molar-refractivity contribution is 7.91. The number of aryl methyl sites for hydroxylation is 1. The fourth-order valence-corrected chi connectivity index (χ4v) is 9.72. The summed E-state index contributed by atoms with van der Waals surface area (Å²) in [4.78, 5) is 15.9. The summed E-state index contributed by atoms with van der Waals surface area (Å²) in [5.74, 6) is 1.23. The highest BCUT2D eigenvalue weighted by Gasteiger charge is 2.70. The van der Waals surface area contributed by atoms with Crippen molar-refractivity contribution in [3.05, 3.63) is 83.4 Å². The molecule has 0 radical (unpaired) electrons. The van der Waals surface area contributed by atoms with E-state index < -0.39 is 15.8 Å². The molecule has 6 rings (SSSR count). The van der Waals surface area contributed by atoms with E-state index in [2.05, 4.69) is 34.6 Å². The van der Waals surface area contributed by atoms with Crippen LogP contribution in [0, 0.1) is 23.7 Å². The number of benzene rings is 2. The van der Waals surface area contributed by atoms with Gasteiger partial charge in [0.05, 0.1) is 29.6 Å². The van der Waals surface area contributed by atoms with E-state index in [4.69, 9.17) is 31.0 Å². The Morgan fingerprint density at radius 3 is 2.76 bits per heavy atom. The molecule has 1 spiro atoms. The van der Waals surface area contributed by atoms with Gasteiger partial charge in [0.15, 0.2) is 0 Å². The summed E-state index contributed by atoms with van der Waals surface area (Å²) in [6.07, 6.45) is 8.44. The van der Waals surface area contributed by atoms with Crippen molar-refractivity contribution in [1.82, 2.24) is 0 Å². The number of fused-ring (bicyclic) bond motifs is 3. The van der Waals surface area contributed by atoms with Gasteiger partial charge in [-0.1, -0.05) is 29.8 Å². The van der Waals surface area contributed by atoms with E-state index in [9.17, 15) is 9.00 Å². The Balaban J connectivity index is 1.34. The van der Waals surface area contributed by atoms with Gasteiger partial charge < -0.3 is 19.1 Å². The van der Waals surface area contributed by atoms with Crippen molar-refractivity contribution < 1.29 is 23.2 Å². The van der Waals surface area contributed by atoms with Crippen molar-refractivity contribution in [3.63, 3.8) is 0 Å². The highest BCUT2D eigenvalue weighted by atomic mass is 35.5. The van der Waals surface area contributed by atoms with E-state index in [1.54, 1.807) is 26.4 Å². The van der Waals surface area contributed by atoms with Crippen LogP contribution in [0.2, 0.25) is 5.02 Å². The Labute approximate surface area is 272 Å².